The highest BCUT2D eigenvalue weighted by atomic mass is 35.5. The highest BCUT2D eigenvalue weighted by Crippen LogP contribution is 2.54. The molecule has 1 amide bonds. The number of Topliss-reactive ketones (excluding diaryl/α,β-unsaturated/α-hetero) is 2. The van der Waals surface area contributed by atoms with Gasteiger partial charge in [-0.1, -0.05) is 18.5 Å². The van der Waals surface area contributed by atoms with E-state index in [-0.39, 0.29) is 58.2 Å². The Bertz CT molecular complexity index is 1940. The summed E-state index contributed by atoms with van der Waals surface area (Å²) in [5.41, 5.74) is -0.676. The molecular formula is C36H35ClN4O8. The van der Waals surface area contributed by atoms with Gasteiger partial charge in [-0.3, -0.25) is 14.4 Å². The van der Waals surface area contributed by atoms with Crippen molar-refractivity contribution >= 4 is 35.0 Å². The van der Waals surface area contributed by atoms with E-state index < -0.39 is 23.1 Å². The van der Waals surface area contributed by atoms with Gasteiger partial charge < -0.3 is 33.6 Å². The Morgan fingerprint density at radius 3 is 2.33 bits per heavy atom. The number of ketones is 2. The number of carbonyl (C=O) groups is 3. The lowest BCUT2D eigenvalue weighted by atomic mass is 9.70. The molecule has 1 spiro atoms. The second-order valence-electron chi connectivity index (χ2n) is 12.4. The molecule has 3 aliphatic rings. The van der Waals surface area contributed by atoms with Gasteiger partial charge >= 0.3 is 0 Å². The monoisotopic (exact) mass is 686 g/mol. The molecule has 0 saturated carbocycles. The first kappa shape index (κ1) is 32.4. The quantitative estimate of drug-likeness (QED) is 0.247. The van der Waals surface area contributed by atoms with E-state index in [2.05, 4.69) is 20.2 Å². The van der Waals surface area contributed by atoms with Crippen molar-refractivity contribution in [2.45, 2.75) is 44.2 Å². The van der Waals surface area contributed by atoms with Gasteiger partial charge in [-0.2, -0.15) is 0 Å². The largest absolute Gasteiger partial charge is 0.497 e. The Balaban J connectivity index is 1.23. The molecule has 13 heteroatoms. The van der Waals surface area contributed by atoms with Crippen LogP contribution in [-0.4, -0.2) is 73.5 Å². The fourth-order valence-electron chi connectivity index (χ4n) is 7.09. The summed E-state index contributed by atoms with van der Waals surface area (Å²) < 4.78 is 29.0. The summed E-state index contributed by atoms with van der Waals surface area (Å²) in [5.74, 6) is 0.419. The van der Waals surface area contributed by atoms with E-state index in [0.717, 1.165) is 0 Å². The molecule has 4 heterocycles. The summed E-state index contributed by atoms with van der Waals surface area (Å²) in [6.07, 6.45) is 4.86. The molecule has 2 aromatic heterocycles. The lowest BCUT2D eigenvalue weighted by Gasteiger charge is -2.35. The third kappa shape index (κ3) is 5.34. The van der Waals surface area contributed by atoms with E-state index in [9.17, 15) is 14.4 Å². The normalized spacial score (nSPS) is 20.1. The number of methoxy groups -OCH3 is 3. The Kier molecular flexibility index (Phi) is 8.43. The molecule has 49 heavy (non-hydrogen) atoms. The number of fused-ring (bicyclic) bond motifs is 2. The van der Waals surface area contributed by atoms with Crippen molar-refractivity contribution < 1.29 is 37.7 Å². The van der Waals surface area contributed by atoms with Crippen molar-refractivity contribution in [2.75, 3.05) is 39.3 Å². The average Bonchev–Trinajstić information content (AvgIpc) is 3.64. The number of ether oxygens (including phenoxy) is 4. The number of carbonyl (C=O) groups excluding carboxylic acids is 3. The third-order valence-electron chi connectivity index (χ3n) is 9.63. The number of furan rings is 1. The van der Waals surface area contributed by atoms with Crippen molar-refractivity contribution in [1.29, 1.82) is 0 Å². The van der Waals surface area contributed by atoms with Crippen LogP contribution in [0.1, 0.15) is 51.8 Å². The van der Waals surface area contributed by atoms with Crippen molar-refractivity contribution in [3.8, 4) is 34.3 Å². The van der Waals surface area contributed by atoms with Crippen LogP contribution in [0.4, 0.5) is 5.95 Å². The van der Waals surface area contributed by atoms with Gasteiger partial charge in [0.2, 0.25) is 29.0 Å². The van der Waals surface area contributed by atoms with Crippen molar-refractivity contribution in [3.05, 3.63) is 76.3 Å². The standard InChI is InChI=1S/C36H35ClN4O8/c1-19-16-25-28(33(43)36(19)34(44)29-24(46-3)18-26(47-4)30(37)32(29)49-36)23(31(48-25)20-6-8-22(45-2)9-7-20)17-27(42)40-21-10-14-41(15-11-21)35-38-12-5-13-39-35/h5-9,12-13,18-19,21H,10-11,14-17H2,1-4H3,(H,40,42). The zero-order valence-electron chi connectivity index (χ0n) is 27.5. The molecule has 4 aromatic rings. The molecule has 1 aliphatic carbocycles. The minimum atomic E-state index is -1.95. The maximum Gasteiger partial charge on any atom is 0.237 e. The van der Waals surface area contributed by atoms with Gasteiger partial charge in [0, 0.05) is 61.1 Å². The molecular weight excluding hydrogens is 652 g/mol. The van der Waals surface area contributed by atoms with Gasteiger partial charge in [-0.25, -0.2) is 9.97 Å². The molecule has 2 aliphatic heterocycles. The first-order valence-electron chi connectivity index (χ1n) is 16.0. The highest BCUT2D eigenvalue weighted by molar-refractivity contribution is 6.36. The fraction of sp³-hybridized carbons (Fsp3) is 0.361. The Hall–Kier alpha value is -5.10. The number of hydrogen-bond donors (Lipinski definition) is 1. The number of hydrogen-bond acceptors (Lipinski definition) is 11. The summed E-state index contributed by atoms with van der Waals surface area (Å²) in [6.45, 7) is 3.13. The van der Waals surface area contributed by atoms with Crippen LogP contribution >= 0.6 is 11.6 Å². The first-order chi connectivity index (χ1) is 23.7. The zero-order valence-corrected chi connectivity index (χ0v) is 28.3. The number of aromatic nitrogens is 2. The predicted molar refractivity (Wildman–Crippen MR) is 179 cm³/mol. The molecule has 0 radical (unpaired) electrons. The fourth-order valence-corrected chi connectivity index (χ4v) is 7.36. The Morgan fingerprint density at radius 2 is 1.67 bits per heavy atom. The summed E-state index contributed by atoms with van der Waals surface area (Å²) in [4.78, 5) is 53.7. The van der Waals surface area contributed by atoms with Gasteiger partial charge in [0.15, 0.2) is 5.75 Å². The molecule has 1 saturated heterocycles. The van der Waals surface area contributed by atoms with Crippen LogP contribution in [-0.2, 0) is 17.6 Å². The van der Waals surface area contributed by atoms with Crippen molar-refractivity contribution in [3.63, 3.8) is 0 Å². The zero-order chi connectivity index (χ0) is 34.4. The molecule has 2 atom stereocenters. The predicted octanol–water partition coefficient (Wildman–Crippen LogP) is 5.13. The number of piperidine rings is 1. The number of rotatable bonds is 8. The van der Waals surface area contributed by atoms with E-state index in [1.54, 1.807) is 56.8 Å². The molecule has 1 N–H and O–H groups in total. The van der Waals surface area contributed by atoms with E-state index in [1.807, 2.05) is 0 Å². The number of halogens is 1. The molecule has 2 unspecified atom stereocenters. The second kappa shape index (κ2) is 12.7. The highest BCUT2D eigenvalue weighted by Gasteiger charge is 2.63. The Labute approximate surface area is 287 Å². The van der Waals surface area contributed by atoms with Crippen LogP contribution in [0.2, 0.25) is 5.02 Å². The smallest absolute Gasteiger partial charge is 0.237 e. The van der Waals surface area contributed by atoms with Crippen LogP contribution in [0, 0.1) is 5.92 Å². The lowest BCUT2D eigenvalue weighted by Crippen LogP contribution is -2.56. The van der Waals surface area contributed by atoms with Crippen LogP contribution < -0.4 is 29.2 Å². The molecule has 7 rings (SSSR count). The molecule has 0 bridgehead atoms. The van der Waals surface area contributed by atoms with Gasteiger partial charge in [0.25, 0.3) is 0 Å². The third-order valence-corrected chi connectivity index (χ3v) is 9.99. The van der Waals surface area contributed by atoms with E-state index in [0.29, 0.717) is 60.3 Å². The van der Waals surface area contributed by atoms with E-state index in [4.69, 9.17) is 35.0 Å². The maximum atomic E-state index is 14.8. The topological polar surface area (TPSA) is 142 Å². The van der Waals surface area contributed by atoms with Gasteiger partial charge in [-0.15, -0.1) is 0 Å². The second-order valence-corrected chi connectivity index (χ2v) is 12.8. The summed E-state index contributed by atoms with van der Waals surface area (Å²) in [6, 6.07) is 10.4. The van der Waals surface area contributed by atoms with E-state index >= 15 is 0 Å². The average molecular weight is 687 g/mol. The molecule has 1 fully saturated rings. The first-order valence-corrected chi connectivity index (χ1v) is 16.4. The lowest BCUT2D eigenvalue weighted by molar-refractivity contribution is -0.121. The number of nitrogens with zero attached hydrogens (tertiary/aromatic N) is 3. The van der Waals surface area contributed by atoms with Crippen LogP contribution in [0.5, 0.6) is 23.0 Å². The molecule has 12 nitrogen and oxygen atoms in total. The van der Waals surface area contributed by atoms with Crippen LogP contribution in [0.3, 0.4) is 0 Å². The number of amides is 1. The van der Waals surface area contributed by atoms with Crippen LogP contribution in [0.25, 0.3) is 11.3 Å². The van der Waals surface area contributed by atoms with Crippen molar-refractivity contribution in [2.24, 2.45) is 5.92 Å². The maximum absolute atomic E-state index is 14.8. The number of benzene rings is 2. The molecule has 2 aromatic carbocycles. The minimum Gasteiger partial charge on any atom is -0.497 e. The van der Waals surface area contributed by atoms with Gasteiger partial charge in [0.1, 0.15) is 39.4 Å². The van der Waals surface area contributed by atoms with Gasteiger partial charge in [-0.05, 0) is 43.2 Å². The Morgan fingerprint density at radius 1 is 1.00 bits per heavy atom. The van der Waals surface area contributed by atoms with Crippen LogP contribution in [0.15, 0.2) is 53.2 Å². The summed E-state index contributed by atoms with van der Waals surface area (Å²) >= 11 is 6.63. The minimum absolute atomic E-state index is 0.0249. The molecule has 254 valence electrons. The number of anilines is 1. The van der Waals surface area contributed by atoms with E-state index in [1.165, 1.54) is 20.3 Å². The summed E-state index contributed by atoms with van der Waals surface area (Å²) in [7, 11) is 4.42. The van der Waals surface area contributed by atoms with Gasteiger partial charge in [0.05, 0.1) is 33.3 Å². The number of nitrogens with one attached hydrogen (secondary N) is 1. The SMILES string of the molecule is COc1ccc(-c2oc3c(c2CC(=O)NC2CCN(c4ncccn4)CC2)C(=O)C2(Oc4c(Cl)c(OC)cc(OC)c4C2=O)C(C)C3)cc1. The van der Waals surface area contributed by atoms with Crippen molar-refractivity contribution in [1.82, 2.24) is 15.3 Å². The summed E-state index contributed by atoms with van der Waals surface area (Å²) in [5, 5.41) is 3.21.